The number of rotatable bonds is 5. The summed E-state index contributed by atoms with van der Waals surface area (Å²) in [6.07, 6.45) is 0. The molecule has 80 valence electrons. The minimum Gasteiger partial charge on any atom is -0.327 e. The Morgan fingerprint density at radius 3 is 2.07 bits per heavy atom. The molecule has 0 amide bonds. The first kappa shape index (κ1) is 13.3. The van der Waals surface area contributed by atoms with Gasteiger partial charge in [-0.2, -0.15) is 0 Å². The number of carbonyl (C=O) groups is 1. The van der Waals surface area contributed by atoms with Crippen LogP contribution in [0.15, 0.2) is 0 Å². The van der Waals surface area contributed by atoms with Gasteiger partial charge in [-0.05, 0) is 13.8 Å². The van der Waals surface area contributed by atoms with Crippen molar-refractivity contribution in [2.45, 2.75) is 20.8 Å². The Bertz CT molecular complexity index is 297. The predicted molar refractivity (Wildman–Crippen MR) is 53.2 cm³/mol. The van der Waals surface area contributed by atoms with Crippen molar-refractivity contribution in [3.05, 3.63) is 4.98 Å². The minimum atomic E-state index is -3.49. The molecule has 0 aromatic heterocycles. The third-order valence-corrected chi connectivity index (χ3v) is 3.44. The molecule has 0 fully saturated rings. The molecule has 0 bridgehead atoms. The summed E-state index contributed by atoms with van der Waals surface area (Å²) in [4.78, 5) is 23.5. The Kier molecular flexibility index (Phi) is 5.58. The van der Waals surface area contributed by atoms with Crippen LogP contribution in [0.1, 0.15) is 20.8 Å². The van der Waals surface area contributed by atoms with Gasteiger partial charge in [0, 0.05) is 6.92 Å². The van der Waals surface area contributed by atoms with Crippen LogP contribution in [0.25, 0.3) is 4.98 Å². The number of carbonyl (C=O) groups excluding carboxylic acids is 1. The van der Waals surface area contributed by atoms with E-state index in [0.29, 0.717) is 0 Å². The number of hydrogen-bond donors (Lipinski definition) is 1. The van der Waals surface area contributed by atoms with Crippen LogP contribution in [0.4, 0.5) is 0 Å². The minimum absolute atomic E-state index is 0.163. The summed E-state index contributed by atoms with van der Waals surface area (Å²) in [6.45, 7) is 4.77. The first-order valence-corrected chi connectivity index (χ1v) is 5.74. The smallest absolute Gasteiger partial charge is 0.327 e. The largest absolute Gasteiger partial charge is 0.496 e. The van der Waals surface area contributed by atoms with Crippen LogP contribution >= 0.6 is 7.57 Å². The maximum absolute atomic E-state index is 11.0. The van der Waals surface area contributed by atoms with E-state index in [2.05, 4.69) is 4.98 Å². The van der Waals surface area contributed by atoms with Crippen LogP contribution in [-0.4, -0.2) is 29.3 Å². The SMILES string of the molecule is CCOP(O)(OCC)=[13C]([N+]#N)C(C)=O. The second-order valence-electron chi connectivity index (χ2n) is 2.34. The molecule has 0 aliphatic heterocycles. The quantitative estimate of drug-likeness (QED) is 0.431. The molecule has 0 saturated heterocycles. The Balaban J connectivity index is 5.31. The highest BCUT2D eigenvalue weighted by molar-refractivity contribution is 7.64. The molecule has 0 spiro atoms. The first-order valence-electron chi connectivity index (χ1n) is 4.16. The average molecular weight is 222 g/mol. The maximum atomic E-state index is 11.0. The van der Waals surface area contributed by atoms with Gasteiger partial charge in [-0.1, -0.05) is 0 Å². The number of Topliss-reactive ketones (excluding diaryl/α,β-unsaturated/α-hetero) is 1. The average Bonchev–Trinajstić information content (AvgIpc) is 2.04. The zero-order chi connectivity index (χ0) is 11.2. The molecule has 1 N–H and O–H groups in total. The van der Waals surface area contributed by atoms with E-state index in [1.165, 1.54) is 0 Å². The number of hydrogen-bond acceptors (Lipinski definition) is 5. The fraction of sp³-hybridized carbons (Fsp3) is 0.714. The van der Waals surface area contributed by atoms with E-state index in [-0.39, 0.29) is 13.2 Å². The Morgan fingerprint density at radius 2 is 1.86 bits per heavy atom. The van der Waals surface area contributed by atoms with Gasteiger partial charge >= 0.3 is 13.0 Å². The van der Waals surface area contributed by atoms with Crippen molar-refractivity contribution < 1.29 is 18.7 Å². The standard InChI is InChI=1S/C7H13N2O4P/c1-4-12-14(11,13-5-2)7(9-8)6(3)10/h4-5H2,1-3H3/p+1/i7+1. The van der Waals surface area contributed by atoms with Crippen LogP contribution in [-0.2, 0) is 13.8 Å². The lowest BCUT2D eigenvalue weighted by molar-refractivity contribution is -0.110. The van der Waals surface area contributed by atoms with E-state index in [1.807, 2.05) is 0 Å². The van der Waals surface area contributed by atoms with E-state index in [9.17, 15) is 9.69 Å². The molecule has 0 atom stereocenters. The number of nitrogens with zero attached hydrogens (tertiary/aromatic N) is 2. The van der Waals surface area contributed by atoms with Gasteiger partial charge in [0.15, 0.2) is 4.98 Å². The van der Waals surface area contributed by atoms with Crippen LogP contribution in [0.3, 0.4) is 0 Å². The molecule has 0 aliphatic carbocycles. The van der Waals surface area contributed by atoms with Gasteiger partial charge in [-0.15, -0.1) is 0 Å². The van der Waals surface area contributed by atoms with Gasteiger partial charge in [-0.3, -0.25) is 4.79 Å². The summed E-state index contributed by atoms with van der Waals surface area (Å²) in [5, 5.41) is 8.56. The lowest BCUT2D eigenvalue weighted by Crippen LogP contribution is -2.11. The Labute approximate surface area is 82.7 Å². The number of diazo groups is 1. The maximum Gasteiger partial charge on any atom is 0.496 e. The second kappa shape index (κ2) is 5.89. The van der Waals surface area contributed by atoms with Crippen molar-refractivity contribution >= 4 is 18.8 Å². The van der Waals surface area contributed by atoms with E-state index in [0.717, 1.165) is 6.92 Å². The van der Waals surface area contributed by atoms with Crippen LogP contribution < -0.4 is 0 Å². The highest BCUT2D eigenvalue weighted by Gasteiger charge is 2.37. The van der Waals surface area contributed by atoms with Gasteiger partial charge in [0.2, 0.25) is 5.39 Å². The molecule has 0 rings (SSSR count). The van der Waals surface area contributed by atoms with Crippen molar-refractivity contribution in [3.63, 3.8) is 0 Å². The van der Waals surface area contributed by atoms with Crippen molar-refractivity contribution in [2.24, 2.45) is 0 Å². The molecule has 6 nitrogen and oxygen atoms in total. The molecule has 0 heterocycles. The lowest BCUT2D eigenvalue weighted by Gasteiger charge is -2.13. The van der Waals surface area contributed by atoms with Crippen molar-refractivity contribution in [3.8, 4) is 0 Å². The topological polar surface area (TPSA) is 83.9 Å². The third kappa shape index (κ3) is 3.20. The molecule has 0 aromatic carbocycles. The van der Waals surface area contributed by atoms with E-state index >= 15 is 0 Å². The molecular formula is C7H14N2O4P+. The highest BCUT2D eigenvalue weighted by atomic mass is 31.2. The van der Waals surface area contributed by atoms with E-state index in [1.54, 1.807) is 13.8 Å². The van der Waals surface area contributed by atoms with Crippen molar-refractivity contribution in [1.82, 2.24) is 0 Å². The molecule has 0 saturated carbocycles. The fourth-order valence-corrected chi connectivity index (χ4v) is 2.37. The summed E-state index contributed by atoms with van der Waals surface area (Å²) in [5.74, 6) is -0.578. The zero-order valence-corrected chi connectivity index (χ0v) is 9.32. The number of ketones is 1. The summed E-state index contributed by atoms with van der Waals surface area (Å²) in [5.41, 5.74) is -0.457. The monoisotopic (exact) mass is 222 g/mol. The van der Waals surface area contributed by atoms with E-state index < -0.39 is 18.8 Å². The first-order chi connectivity index (χ1) is 6.51. The highest BCUT2D eigenvalue weighted by Crippen LogP contribution is 2.47. The Hall–Kier alpha value is -0.730. The molecule has 0 radical (unpaired) electrons. The Morgan fingerprint density at radius 1 is 1.43 bits per heavy atom. The van der Waals surface area contributed by atoms with Crippen LogP contribution in [0, 0.1) is 5.39 Å². The predicted octanol–water partition coefficient (Wildman–Crippen LogP) is 1.39. The summed E-state index contributed by atoms with van der Waals surface area (Å²) < 4.78 is 9.83. The third-order valence-electron chi connectivity index (χ3n) is 1.29. The normalized spacial score (nSPS) is 10.8. The van der Waals surface area contributed by atoms with Gasteiger partial charge in [0.05, 0.1) is 13.2 Å². The van der Waals surface area contributed by atoms with Gasteiger partial charge < -0.3 is 13.9 Å². The zero-order valence-electron chi connectivity index (χ0n) is 8.43. The van der Waals surface area contributed by atoms with Crippen molar-refractivity contribution in [2.75, 3.05) is 13.2 Å². The lowest BCUT2D eigenvalue weighted by atomic mass is 10.7. The van der Waals surface area contributed by atoms with Gasteiger partial charge in [-0.25, -0.2) is 0 Å². The molecule has 0 unspecified atom stereocenters. The fourth-order valence-electron chi connectivity index (χ4n) is 0.835. The van der Waals surface area contributed by atoms with Crippen LogP contribution in [0.2, 0.25) is 0 Å². The molecule has 0 aliphatic rings. The summed E-state index contributed by atoms with van der Waals surface area (Å²) in [6, 6.07) is 0. The second-order valence-corrected chi connectivity index (χ2v) is 4.32. The summed E-state index contributed by atoms with van der Waals surface area (Å²) >= 11 is 0. The molecule has 14 heavy (non-hydrogen) atoms. The van der Waals surface area contributed by atoms with E-state index in [4.69, 9.17) is 14.4 Å². The van der Waals surface area contributed by atoms with Crippen molar-refractivity contribution in [1.29, 1.82) is 5.39 Å². The molecular weight excluding hydrogens is 208 g/mol. The van der Waals surface area contributed by atoms with Gasteiger partial charge in [0.1, 0.15) is 0 Å². The van der Waals surface area contributed by atoms with Crippen LogP contribution in [0.5, 0.6) is 0 Å². The summed E-state index contributed by atoms with van der Waals surface area (Å²) in [7, 11) is -3.49. The van der Waals surface area contributed by atoms with Gasteiger partial charge in [0.25, 0.3) is 5.78 Å². The molecule has 0 aromatic rings. The molecule has 7 heteroatoms.